The second-order valence-electron chi connectivity index (χ2n) is 20.6. The van der Waals surface area contributed by atoms with Gasteiger partial charge in [0.2, 0.25) is 0 Å². The molecule has 66 heavy (non-hydrogen) atoms. The Balaban J connectivity index is 0.00000648. The molecule has 6 aromatic carbocycles. The zero-order valence-corrected chi connectivity index (χ0v) is 43.3. The molecule has 0 aliphatic rings. The minimum atomic E-state index is -0.00306. The van der Waals surface area contributed by atoms with E-state index in [4.69, 9.17) is 9.72 Å². The quantitative estimate of drug-likeness (QED) is 0.124. The molecule has 0 atom stereocenters. The van der Waals surface area contributed by atoms with Crippen LogP contribution in [0.3, 0.4) is 0 Å². The first-order valence-electron chi connectivity index (χ1n) is 23.3. The Bertz CT molecular complexity index is 2940. The van der Waals surface area contributed by atoms with Gasteiger partial charge < -0.3 is 19.5 Å². The van der Waals surface area contributed by atoms with Gasteiger partial charge in [-0.05, 0) is 122 Å². The fourth-order valence-corrected chi connectivity index (χ4v) is 8.73. The molecule has 0 amide bonds. The van der Waals surface area contributed by atoms with Crippen molar-refractivity contribution in [3.05, 3.63) is 180 Å². The molecule has 8 rings (SSSR count). The van der Waals surface area contributed by atoms with Gasteiger partial charge in [0.05, 0.1) is 0 Å². The van der Waals surface area contributed by atoms with Crippen LogP contribution in [0.2, 0.25) is 0 Å². The number of ether oxygens (including phenoxy) is 1. The normalized spacial score (nSPS) is 12.1. The summed E-state index contributed by atoms with van der Waals surface area (Å²) in [6, 6.07) is 50.6. The molecule has 0 aliphatic heterocycles. The molecule has 0 saturated carbocycles. The zero-order chi connectivity index (χ0) is 46.4. The number of benzene rings is 6. The summed E-state index contributed by atoms with van der Waals surface area (Å²) in [5.74, 6) is 3.19. The third kappa shape index (κ3) is 10.0. The summed E-state index contributed by atoms with van der Waals surface area (Å²) in [5.41, 5.74) is 15.2. The SMILES string of the molecule is Cc1ccccc1N([CH-]Nc1cc(C(C)(C)C)cc(C(C)(C)C)c1)c1[c-]c(Oc2[c-]c3c(cc2)c2ccccc2n3-c2cc(-c3c(C(C)C)cc(C(C)C)cc3C(C)C)ccn2)ccc1.[Pt]. The predicted octanol–water partition coefficient (Wildman–Crippen LogP) is 16.9. The van der Waals surface area contributed by atoms with Crippen LogP contribution in [0.25, 0.3) is 38.8 Å². The number of nitrogens with zero attached hydrogens (tertiary/aromatic N) is 3. The summed E-state index contributed by atoms with van der Waals surface area (Å²) in [5, 5.41) is 5.90. The van der Waals surface area contributed by atoms with E-state index in [1.54, 1.807) is 0 Å². The molecule has 0 spiro atoms. The van der Waals surface area contributed by atoms with E-state index in [2.05, 4.69) is 220 Å². The minimum absolute atomic E-state index is 0. The number of fused-ring (bicyclic) bond motifs is 3. The van der Waals surface area contributed by atoms with E-state index in [0.29, 0.717) is 29.3 Å². The number of para-hydroxylation sites is 2. The Labute approximate surface area is 408 Å². The summed E-state index contributed by atoms with van der Waals surface area (Å²) >= 11 is 0. The van der Waals surface area contributed by atoms with Crippen molar-refractivity contribution in [3.63, 3.8) is 0 Å². The average Bonchev–Trinajstić information content (AvgIpc) is 3.59. The molecule has 1 N–H and O–H groups in total. The Hall–Kier alpha value is -5.64. The van der Waals surface area contributed by atoms with Crippen molar-refractivity contribution < 1.29 is 25.8 Å². The van der Waals surface area contributed by atoms with Crippen LogP contribution in [0.1, 0.15) is 134 Å². The minimum Gasteiger partial charge on any atom is -0.516 e. The number of nitrogens with one attached hydrogen (secondary N) is 1. The Morgan fingerprint density at radius 3 is 1.92 bits per heavy atom. The van der Waals surface area contributed by atoms with Crippen LogP contribution in [0.15, 0.2) is 128 Å². The first kappa shape index (κ1) is 48.3. The zero-order valence-electron chi connectivity index (χ0n) is 41.0. The monoisotopic (exact) mass is 1050 g/mol. The Kier molecular flexibility index (Phi) is 14.1. The first-order valence-corrected chi connectivity index (χ1v) is 23.3. The van der Waals surface area contributed by atoms with Gasteiger partial charge in [0.15, 0.2) is 0 Å². The maximum Gasteiger partial charge on any atom is 0.136 e. The number of anilines is 3. The van der Waals surface area contributed by atoms with Gasteiger partial charge in [-0.1, -0.05) is 143 Å². The van der Waals surface area contributed by atoms with Crippen molar-refractivity contribution in [2.24, 2.45) is 0 Å². The van der Waals surface area contributed by atoms with E-state index in [0.717, 1.165) is 50.2 Å². The molecule has 5 nitrogen and oxygen atoms in total. The average molecular weight is 1050 g/mol. The molecule has 344 valence electrons. The molecule has 0 unspecified atom stereocenters. The van der Waals surface area contributed by atoms with E-state index in [1.807, 2.05) is 31.1 Å². The number of hydrogen-bond acceptors (Lipinski definition) is 4. The molecule has 0 bridgehead atoms. The van der Waals surface area contributed by atoms with Crippen LogP contribution < -0.4 is 15.0 Å². The standard InChI is InChI=1S/C60H65N4O.Pt/c1-38(2)43-29-52(39(3)4)58(53(30-43)40(5)6)42-27-28-61-57(31-42)64-55-24-17-15-22-50(55)51-26-25-49(36-56(51)64)65-48-21-18-20-47(35-48)63(54-23-16-14-19-41(54)7)37-62-46-33-44(59(8,9)10)32-45(34-46)60(11,12)13;/h14-34,37-40,62H,1-13H3;/q-3;. The molecule has 2 aromatic heterocycles. The van der Waals surface area contributed by atoms with Crippen LogP contribution in [0, 0.1) is 25.7 Å². The van der Waals surface area contributed by atoms with Crippen LogP contribution in [0.4, 0.5) is 17.1 Å². The third-order valence-electron chi connectivity index (χ3n) is 12.6. The summed E-state index contributed by atoms with van der Waals surface area (Å²) in [6.07, 6.45) is 1.95. The van der Waals surface area contributed by atoms with Gasteiger partial charge in [0, 0.05) is 55.7 Å². The summed E-state index contributed by atoms with van der Waals surface area (Å²) in [6.45, 7) is 31.6. The topological polar surface area (TPSA) is 42.3 Å². The summed E-state index contributed by atoms with van der Waals surface area (Å²) in [7, 11) is 0. The van der Waals surface area contributed by atoms with Gasteiger partial charge in [-0.25, -0.2) is 4.98 Å². The molecular weight excluding hydrogens is 988 g/mol. The van der Waals surface area contributed by atoms with Crippen molar-refractivity contribution in [2.75, 3.05) is 10.2 Å². The van der Waals surface area contributed by atoms with Crippen LogP contribution in [-0.4, -0.2) is 9.55 Å². The molecular formula is C60H65N4OPt-3. The molecule has 2 heterocycles. The van der Waals surface area contributed by atoms with Gasteiger partial charge in [-0.15, -0.1) is 41.4 Å². The summed E-state index contributed by atoms with van der Waals surface area (Å²) < 4.78 is 8.93. The number of aryl methyl sites for hydroxylation is 1. The van der Waals surface area contributed by atoms with E-state index in [9.17, 15) is 0 Å². The van der Waals surface area contributed by atoms with E-state index >= 15 is 0 Å². The van der Waals surface area contributed by atoms with Gasteiger partial charge >= 0.3 is 0 Å². The molecule has 8 aromatic rings. The number of pyridine rings is 1. The van der Waals surface area contributed by atoms with Gasteiger partial charge in [-0.3, -0.25) is 0 Å². The largest absolute Gasteiger partial charge is 0.516 e. The van der Waals surface area contributed by atoms with Crippen LogP contribution in [0.5, 0.6) is 11.5 Å². The molecule has 0 aliphatic carbocycles. The Morgan fingerprint density at radius 1 is 0.652 bits per heavy atom. The smallest absolute Gasteiger partial charge is 0.136 e. The fourth-order valence-electron chi connectivity index (χ4n) is 8.73. The molecule has 6 heteroatoms. The van der Waals surface area contributed by atoms with Gasteiger partial charge in [0.1, 0.15) is 5.82 Å². The van der Waals surface area contributed by atoms with E-state index in [-0.39, 0.29) is 31.9 Å². The number of hydrogen-bond donors (Lipinski definition) is 1. The second-order valence-corrected chi connectivity index (χ2v) is 20.6. The number of rotatable bonds is 12. The van der Waals surface area contributed by atoms with E-state index in [1.165, 1.54) is 38.9 Å². The maximum absolute atomic E-state index is 6.70. The molecule has 0 radical (unpaired) electrons. The fraction of sp³-hybridized carbons (Fsp3) is 0.300. The number of aromatic nitrogens is 2. The first-order chi connectivity index (χ1) is 30.9. The van der Waals surface area contributed by atoms with Crippen molar-refractivity contribution >= 4 is 38.9 Å². The van der Waals surface area contributed by atoms with Crippen LogP contribution >= 0.6 is 0 Å². The summed E-state index contributed by atoms with van der Waals surface area (Å²) in [4.78, 5) is 7.19. The maximum atomic E-state index is 6.70. The molecule has 0 saturated heterocycles. The van der Waals surface area contributed by atoms with Crippen molar-refractivity contribution in [3.8, 4) is 28.4 Å². The second kappa shape index (κ2) is 19.3. The van der Waals surface area contributed by atoms with E-state index < -0.39 is 0 Å². The van der Waals surface area contributed by atoms with Gasteiger partial charge in [-0.2, -0.15) is 18.8 Å². The third-order valence-corrected chi connectivity index (χ3v) is 12.6. The van der Waals surface area contributed by atoms with Gasteiger partial charge in [0.25, 0.3) is 0 Å². The van der Waals surface area contributed by atoms with Crippen LogP contribution in [-0.2, 0) is 31.9 Å². The molecule has 0 fully saturated rings. The van der Waals surface area contributed by atoms with Crippen molar-refractivity contribution in [1.82, 2.24) is 9.55 Å². The Morgan fingerprint density at radius 2 is 1.29 bits per heavy atom. The van der Waals surface area contributed by atoms with Crippen molar-refractivity contribution in [1.29, 1.82) is 0 Å². The predicted molar refractivity (Wildman–Crippen MR) is 276 cm³/mol. The van der Waals surface area contributed by atoms with Crippen molar-refractivity contribution in [2.45, 2.75) is 119 Å².